The van der Waals surface area contributed by atoms with Crippen molar-refractivity contribution in [1.29, 1.82) is 0 Å². The van der Waals surface area contributed by atoms with Crippen molar-refractivity contribution in [2.75, 3.05) is 13.2 Å². The Morgan fingerprint density at radius 3 is 2.59 bits per heavy atom. The summed E-state index contributed by atoms with van der Waals surface area (Å²) in [4.78, 5) is 24.2. The van der Waals surface area contributed by atoms with Gasteiger partial charge in [0, 0.05) is 0 Å². The van der Waals surface area contributed by atoms with Gasteiger partial charge in [0.1, 0.15) is 6.61 Å². The topological polar surface area (TPSA) is 52.6 Å². The Balaban J connectivity index is 2.95. The van der Waals surface area contributed by atoms with Crippen molar-refractivity contribution >= 4 is 11.8 Å². The molecule has 0 N–H and O–H groups in total. The van der Waals surface area contributed by atoms with Gasteiger partial charge in [-0.15, -0.1) is 0 Å². The van der Waals surface area contributed by atoms with E-state index in [0.717, 1.165) is 17.6 Å². The van der Waals surface area contributed by atoms with Crippen LogP contribution in [0.3, 0.4) is 0 Å². The van der Waals surface area contributed by atoms with Crippen LogP contribution < -0.4 is 0 Å². The summed E-state index contributed by atoms with van der Waals surface area (Å²) in [5, 5.41) is 0. The summed E-state index contributed by atoms with van der Waals surface area (Å²) in [7, 11) is 0. The molecular weight excluding hydrogens is 280 g/mol. The van der Waals surface area contributed by atoms with Crippen LogP contribution in [0.25, 0.3) is 0 Å². The molecule has 0 saturated heterocycles. The third kappa shape index (κ3) is 4.54. The number of ether oxygens (including phenoxy) is 2. The number of rotatable bonds is 7. The lowest BCUT2D eigenvalue weighted by Gasteiger charge is -2.37. The summed E-state index contributed by atoms with van der Waals surface area (Å²) in [6.45, 7) is 13.8. The van der Waals surface area contributed by atoms with E-state index < -0.39 is 12.1 Å². The summed E-state index contributed by atoms with van der Waals surface area (Å²) in [5.41, 5.74) is 1.54. The first-order chi connectivity index (χ1) is 10.3. The number of Topliss-reactive ketones (excluding diaryl/α,β-unsaturated/α-hetero) is 1. The molecule has 4 nitrogen and oxygen atoms in total. The predicted molar refractivity (Wildman–Crippen MR) is 86.4 cm³/mol. The van der Waals surface area contributed by atoms with E-state index in [1.165, 1.54) is 0 Å². The van der Waals surface area contributed by atoms with Gasteiger partial charge in [-0.3, -0.25) is 4.79 Å². The Kier molecular flexibility index (Phi) is 7.01. The highest BCUT2D eigenvalue weighted by Crippen LogP contribution is 2.37. The normalized spacial score (nSPS) is 23.2. The summed E-state index contributed by atoms with van der Waals surface area (Å²) in [6, 6.07) is 0. The fraction of sp³-hybridized carbons (Fsp3) is 0.667. The zero-order valence-electron chi connectivity index (χ0n) is 14.3. The van der Waals surface area contributed by atoms with Gasteiger partial charge in [0.25, 0.3) is 0 Å². The fourth-order valence-corrected chi connectivity index (χ4v) is 2.98. The summed E-state index contributed by atoms with van der Waals surface area (Å²) >= 11 is 0. The van der Waals surface area contributed by atoms with E-state index in [2.05, 4.69) is 20.4 Å². The Morgan fingerprint density at radius 1 is 1.45 bits per heavy atom. The maximum atomic E-state index is 12.7. The molecule has 1 aliphatic rings. The molecule has 0 radical (unpaired) electrons. The first-order valence-electron chi connectivity index (χ1n) is 7.93. The first kappa shape index (κ1) is 18.6. The van der Waals surface area contributed by atoms with Crippen molar-refractivity contribution < 1.29 is 19.1 Å². The lowest BCUT2D eigenvalue weighted by molar-refractivity contribution is -0.152. The second-order valence-electron chi connectivity index (χ2n) is 6.30. The lowest BCUT2D eigenvalue weighted by Crippen LogP contribution is -2.42. The Labute approximate surface area is 133 Å². The molecule has 0 aliphatic heterocycles. The second-order valence-corrected chi connectivity index (χ2v) is 6.30. The highest BCUT2D eigenvalue weighted by Gasteiger charge is 2.40. The van der Waals surface area contributed by atoms with Crippen LogP contribution in [0.15, 0.2) is 23.8 Å². The summed E-state index contributed by atoms with van der Waals surface area (Å²) < 4.78 is 10.6. The molecule has 0 aromatic rings. The van der Waals surface area contributed by atoms with Gasteiger partial charge < -0.3 is 9.47 Å². The van der Waals surface area contributed by atoms with Gasteiger partial charge in [0.2, 0.25) is 0 Å². The zero-order chi connectivity index (χ0) is 16.9. The standard InChI is InChI=1S/C18H28O4/c1-7-21-15(19)10-22-18(12(4)5)16-14(11(2)3)9-8-13(6)17(16)20/h8,11,14,16,18H,4,7,9-10H2,1-3,5-6H3/t14-,16-,18+/m1/s1. The number of esters is 1. The Morgan fingerprint density at radius 2 is 2.09 bits per heavy atom. The Bertz CT molecular complexity index is 462. The maximum absolute atomic E-state index is 12.7. The molecule has 3 atom stereocenters. The van der Waals surface area contributed by atoms with Gasteiger partial charge in [-0.2, -0.15) is 0 Å². The molecule has 0 unspecified atom stereocenters. The van der Waals surface area contributed by atoms with Gasteiger partial charge in [0.15, 0.2) is 5.78 Å². The van der Waals surface area contributed by atoms with E-state index >= 15 is 0 Å². The predicted octanol–water partition coefficient (Wildman–Crippen LogP) is 3.32. The van der Waals surface area contributed by atoms with Crippen LogP contribution in [-0.4, -0.2) is 31.1 Å². The number of ketones is 1. The molecule has 124 valence electrons. The molecule has 0 fully saturated rings. The van der Waals surface area contributed by atoms with Gasteiger partial charge >= 0.3 is 5.97 Å². The molecule has 0 heterocycles. The van der Waals surface area contributed by atoms with Crippen molar-refractivity contribution in [3.05, 3.63) is 23.8 Å². The molecule has 0 aromatic heterocycles. The van der Waals surface area contributed by atoms with E-state index in [0.29, 0.717) is 12.5 Å². The average Bonchev–Trinajstić information content (AvgIpc) is 2.43. The van der Waals surface area contributed by atoms with Crippen LogP contribution >= 0.6 is 0 Å². The molecule has 22 heavy (non-hydrogen) atoms. The highest BCUT2D eigenvalue weighted by atomic mass is 16.6. The summed E-state index contributed by atoms with van der Waals surface area (Å²) in [5.74, 6) is -0.0458. The second kappa shape index (κ2) is 8.28. The number of hydrogen-bond acceptors (Lipinski definition) is 4. The minimum Gasteiger partial charge on any atom is -0.464 e. The maximum Gasteiger partial charge on any atom is 0.332 e. The monoisotopic (exact) mass is 308 g/mol. The van der Waals surface area contributed by atoms with Crippen molar-refractivity contribution in [1.82, 2.24) is 0 Å². The first-order valence-corrected chi connectivity index (χ1v) is 7.93. The van der Waals surface area contributed by atoms with Gasteiger partial charge in [-0.25, -0.2) is 4.79 Å². The largest absolute Gasteiger partial charge is 0.464 e. The van der Waals surface area contributed by atoms with Crippen molar-refractivity contribution in [2.24, 2.45) is 17.8 Å². The average molecular weight is 308 g/mol. The van der Waals surface area contributed by atoms with Crippen LogP contribution in [0.4, 0.5) is 0 Å². The minimum atomic E-state index is -0.451. The molecule has 0 spiro atoms. The SMILES string of the molecule is C=C(C)[C@H](OCC(=O)OCC)[C@H]1C(=O)C(C)=CC[C@@H]1C(C)C. The zero-order valence-corrected chi connectivity index (χ0v) is 14.3. The molecule has 0 amide bonds. The third-order valence-electron chi connectivity index (χ3n) is 4.20. The summed E-state index contributed by atoms with van der Waals surface area (Å²) in [6.07, 6.45) is 2.41. The molecule has 0 aromatic carbocycles. The molecule has 1 rings (SSSR count). The van der Waals surface area contributed by atoms with E-state index in [1.807, 2.05) is 19.9 Å². The molecular formula is C18H28O4. The van der Waals surface area contributed by atoms with E-state index in [-0.39, 0.29) is 24.2 Å². The minimum absolute atomic E-state index is 0.0989. The van der Waals surface area contributed by atoms with Crippen molar-refractivity contribution in [3.8, 4) is 0 Å². The van der Waals surface area contributed by atoms with Crippen LogP contribution in [0, 0.1) is 17.8 Å². The van der Waals surface area contributed by atoms with E-state index in [4.69, 9.17) is 9.47 Å². The van der Waals surface area contributed by atoms with Crippen LogP contribution in [0.2, 0.25) is 0 Å². The van der Waals surface area contributed by atoms with Gasteiger partial charge in [-0.1, -0.05) is 32.1 Å². The molecule has 1 aliphatic carbocycles. The van der Waals surface area contributed by atoms with Crippen molar-refractivity contribution in [2.45, 2.75) is 47.1 Å². The van der Waals surface area contributed by atoms with Crippen LogP contribution in [0.1, 0.15) is 41.0 Å². The van der Waals surface area contributed by atoms with Crippen LogP contribution in [-0.2, 0) is 19.1 Å². The fourth-order valence-electron chi connectivity index (χ4n) is 2.98. The highest BCUT2D eigenvalue weighted by molar-refractivity contribution is 5.98. The third-order valence-corrected chi connectivity index (χ3v) is 4.20. The molecule has 4 heteroatoms. The molecule has 0 bridgehead atoms. The van der Waals surface area contributed by atoms with Gasteiger partial charge in [0.05, 0.1) is 18.6 Å². The molecule has 0 saturated carbocycles. The lowest BCUT2D eigenvalue weighted by atomic mass is 9.70. The van der Waals surface area contributed by atoms with E-state index in [9.17, 15) is 9.59 Å². The smallest absolute Gasteiger partial charge is 0.332 e. The number of hydrogen-bond donors (Lipinski definition) is 0. The number of carbonyl (C=O) groups excluding carboxylic acids is 2. The number of carbonyl (C=O) groups is 2. The number of allylic oxidation sites excluding steroid dienone is 2. The van der Waals surface area contributed by atoms with E-state index in [1.54, 1.807) is 6.92 Å². The van der Waals surface area contributed by atoms with Crippen molar-refractivity contribution in [3.63, 3.8) is 0 Å². The van der Waals surface area contributed by atoms with Crippen LogP contribution in [0.5, 0.6) is 0 Å². The quantitative estimate of drug-likeness (QED) is 0.535. The Hall–Kier alpha value is -1.42. The van der Waals surface area contributed by atoms with Gasteiger partial charge in [-0.05, 0) is 44.6 Å².